The molecule has 0 heterocycles. The van der Waals surface area contributed by atoms with Crippen LogP contribution in [0.5, 0.6) is 5.75 Å². The van der Waals surface area contributed by atoms with Crippen LogP contribution in [0.1, 0.15) is 128 Å². The highest BCUT2D eigenvalue weighted by Gasteiger charge is 2.25. The van der Waals surface area contributed by atoms with E-state index in [1.165, 1.54) is 109 Å². The van der Waals surface area contributed by atoms with Crippen molar-refractivity contribution in [2.24, 2.45) is 0 Å². The second kappa shape index (κ2) is 17.7. The normalized spacial score (nSPS) is 11.8. The lowest BCUT2D eigenvalue weighted by molar-refractivity contribution is 0.384. The Bertz CT molecular complexity index is 611. The topological polar surface area (TPSA) is 77.8 Å². The maximum Gasteiger partial charge on any atom is 0.360 e. The molecule has 1 aromatic carbocycles. The number of unbranched alkanes of at least 4 members (excludes halogenated alkanes) is 17. The van der Waals surface area contributed by atoms with Crippen LogP contribution in [-0.2, 0) is 11.0 Å². The Morgan fingerprint density at radius 3 is 1.42 bits per heavy atom. The summed E-state index contributed by atoms with van der Waals surface area (Å²) >= 11 is 0. The van der Waals surface area contributed by atoms with Gasteiger partial charge in [0, 0.05) is 0 Å². The third-order valence-electron chi connectivity index (χ3n) is 6.19. The molecule has 0 aliphatic rings. The molecule has 180 valence electrons. The van der Waals surface area contributed by atoms with Crippen LogP contribution < -0.4 is 5.30 Å². The van der Waals surface area contributed by atoms with Crippen LogP contribution >= 0.6 is 7.60 Å². The zero-order valence-corrected chi connectivity index (χ0v) is 20.8. The zero-order valence-electron chi connectivity index (χ0n) is 19.9. The minimum Gasteiger partial charge on any atom is -0.507 e. The number of aromatic hydroxyl groups is 1. The molecule has 1 rings (SSSR count). The molecule has 5 heteroatoms. The molecule has 4 nitrogen and oxygen atoms in total. The van der Waals surface area contributed by atoms with Crippen LogP contribution in [-0.4, -0.2) is 14.9 Å². The first-order valence-electron chi connectivity index (χ1n) is 12.8. The molecule has 1 aromatic rings. The predicted octanol–water partition coefficient (Wildman–Crippen LogP) is 7.78. The van der Waals surface area contributed by atoms with Crippen LogP contribution in [0.2, 0.25) is 0 Å². The Morgan fingerprint density at radius 1 is 0.645 bits per heavy atom. The van der Waals surface area contributed by atoms with E-state index < -0.39 is 7.60 Å². The number of hydrogen-bond donors (Lipinski definition) is 3. The molecule has 0 unspecified atom stereocenters. The van der Waals surface area contributed by atoms with Gasteiger partial charge in [-0.1, -0.05) is 128 Å². The number of hydrogen-bond acceptors (Lipinski definition) is 2. The molecule has 0 saturated heterocycles. The van der Waals surface area contributed by atoms with Gasteiger partial charge < -0.3 is 14.9 Å². The van der Waals surface area contributed by atoms with Crippen LogP contribution in [0.25, 0.3) is 0 Å². The Morgan fingerprint density at radius 2 is 1.03 bits per heavy atom. The minimum atomic E-state index is -4.44. The lowest BCUT2D eigenvalue weighted by atomic mass is 10.0. The first-order valence-corrected chi connectivity index (χ1v) is 14.4. The average molecular weight is 455 g/mol. The highest BCUT2D eigenvalue weighted by Crippen LogP contribution is 2.39. The molecule has 0 saturated carbocycles. The van der Waals surface area contributed by atoms with Crippen molar-refractivity contribution in [1.82, 2.24) is 0 Å². The zero-order chi connectivity index (χ0) is 22.8. The molecule has 0 aliphatic heterocycles. The van der Waals surface area contributed by atoms with Crippen molar-refractivity contribution < 1.29 is 19.5 Å². The predicted molar refractivity (Wildman–Crippen MR) is 132 cm³/mol. The summed E-state index contributed by atoms with van der Waals surface area (Å²) in [5.74, 6) is -0.298. The molecule has 0 bridgehead atoms. The van der Waals surface area contributed by atoms with Crippen LogP contribution in [0.3, 0.4) is 0 Å². The SMILES string of the molecule is CCCCCCCCCCCCCCCCCCCCc1cccc(O)c1P(=O)(O)O. The molecule has 0 amide bonds. The lowest BCUT2D eigenvalue weighted by Crippen LogP contribution is -2.11. The van der Waals surface area contributed by atoms with Crippen LogP contribution in [0.4, 0.5) is 0 Å². The number of phenolic OH excluding ortho intramolecular Hbond substituents is 1. The molecule has 0 fully saturated rings. The van der Waals surface area contributed by atoms with Gasteiger partial charge in [-0.15, -0.1) is 0 Å². The molecule has 0 atom stereocenters. The molecule has 3 N–H and O–H groups in total. The van der Waals surface area contributed by atoms with Crippen LogP contribution in [0, 0.1) is 0 Å². The van der Waals surface area contributed by atoms with Crippen LogP contribution in [0.15, 0.2) is 18.2 Å². The Kier molecular flexibility index (Phi) is 16.1. The number of benzene rings is 1. The molecule has 0 aromatic heterocycles. The van der Waals surface area contributed by atoms with Crippen molar-refractivity contribution >= 4 is 12.9 Å². The maximum atomic E-state index is 11.6. The summed E-state index contributed by atoms with van der Waals surface area (Å²) < 4.78 is 11.6. The average Bonchev–Trinajstić information content (AvgIpc) is 2.72. The van der Waals surface area contributed by atoms with Gasteiger partial charge in [0.1, 0.15) is 11.1 Å². The maximum absolute atomic E-state index is 11.6. The highest BCUT2D eigenvalue weighted by atomic mass is 31.2. The fourth-order valence-corrected chi connectivity index (χ4v) is 5.27. The smallest absolute Gasteiger partial charge is 0.360 e. The van der Waals surface area contributed by atoms with Gasteiger partial charge in [-0.05, 0) is 24.5 Å². The minimum absolute atomic E-state index is 0.193. The van der Waals surface area contributed by atoms with E-state index in [1.54, 1.807) is 12.1 Å². The summed E-state index contributed by atoms with van der Waals surface area (Å²) in [5.41, 5.74) is 0.574. The van der Waals surface area contributed by atoms with Crippen molar-refractivity contribution in [2.45, 2.75) is 129 Å². The quantitative estimate of drug-likeness (QED) is 0.139. The summed E-state index contributed by atoms with van der Waals surface area (Å²) in [4.78, 5) is 18.9. The van der Waals surface area contributed by atoms with Gasteiger partial charge in [0.05, 0.1) is 0 Å². The summed E-state index contributed by atoms with van der Waals surface area (Å²) in [5, 5.41) is 9.59. The Hall–Kier alpha value is -0.830. The van der Waals surface area contributed by atoms with E-state index in [1.807, 2.05) is 0 Å². The largest absolute Gasteiger partial charge is 0.507 e. The Balaban J connectivity index is 1.92. The van der Waals surface area contributed by atoms with Gasteiger partial charge in [-0.3, -0.25) is 4.57 Å². The van der Waals surface area contributed by atoms with Crippen molar-refractivity contribution in [2.75, 3.05) is 0 Å². The molecule has 0 radical (unpaired) electrons. The molecule has 0 aliphatic carbocycles. The fourth-order valence-electron chi connectivity index (χ4n) is 4.33. The van der Waals surface area contributed by atoms with Crippen molar-refractivity contribution in [1.29, 1.82) is 0 Å². The first kappa shape index (κ1) is 28.2. The number of phenols is 1. The van der Waals surface area contributed by atoms with Gasteiger partial charge in [-0.2, -0.15) is 0 Å². The second-order valence-corrected chi connectivity index (χ2v) is 10.6. The van der Waals surface area contributed by atoms with E-state index in [9.17, 15) is 19.5 Å². The third kappa shape index (κ3) is 14.0. The molecule has 0 spiro atoms. The first-order chi connectivity index (χ1) is 15.0. The summed E-state index contributed by atoms with van der Waals surface area (Å²) in [6.45, 7) is 2.27. The van der Waals surface area contributed by atoms with E-state index in [0.717, 1.165) is 12.8 Å². The monoisotopic (exact) mass is 454 g/mol. The van der Waals surface area contributed by atoms with E-state index >= 15 is 0 Å². The van der Waals surface area contributed by atoms with E-state index in [4.69, 9.17) is 0 Å². The highest BCUT2D eigenvalue weighted by molar-refractivity contribution is 7.60. The molecule has 31 heavy (non-hydrogen) atoms. The van der Waals surface area contributed by atoms with Crippen molar-refractivity contribution in [3.8, 4) is 5.75 Å². The summed E-state index contributed by atoms with van der Waals surface area (Å²) in [6.07, 6.45) is 24.4. The standard InChI is InChI=1S/C26H47O4P/c1-2-3-4-5-6-7-8-9-10-11-12-13-14-15-16-17-18-19-21-24-22-20-23-25(27)26(24)31(28,29)30/h20,22-23,27H,2-19,21H2,1H3,(H2,28,29,30). The molecular weight excluding hydrogens is 407 g/mol. The van der Waals surface area contributed by atoms with Gasteiger partial charge in [0.15, 0.2) is 0 Å². The van der Waals surface area contributed by atoms with Gasteiger partial charge >= 0.3 is 7.60 Å². The fraction of sp³-hybridized carbons (Fsp3) is 0.769. The third-order valence-corrected chi connectivity index (χ3v) is 7.29. The van der Waals surface area contributed by atoms with Crippen molar-refractivity contribution in [3.63, 3.8) is 0 Å². The number of aryl methyl sites for hydroxylation is 1. The van der Waals surface area contributed by atoms with Gasteiger partial charge in [0.2, 0.25) is 0 Å². The summed E-state index contributed by atoms with van der Waals surface area (Å²) in [7, 11) is -4.44. The van der Waals surface area contributed by atoms with Crippen molar-refractivity contribution in [3.05, 3.63) is 23.8 Å². The van der Waals surface area contributed by atoms with Gasteiger partial charge in [0.25, 0.3) is 0 Å². The van der Waals surface area contributed by atoms with E-state index in [-0.39, 0.29) is 11.1 Å². The van der Waals surface area contributed by atoms with Gasteiger partial charge in [-0.25, -0.2) is 0 Å². The molecular formula is C26H47O4P. The van der Waals surface area contributed by atoms with E-state index in [0.29, 0.717) is 12.0 Å². The van der Waals surface area contributed by atoms with E-state index in [2.05, 4.69) is 6.92 Å². The number of rotatable bonds is 20. The Labute approximate surface area is 191 Å². The second-order valence-electron chi connectivity index (χ2n) is 9.09. The summed E-state index contributed by atoms with van der Waals surface area (Å²) in [6, 6.07) is 4.70. The lowest BCUT2D eigenvalue weighted by Gasteiger charge is -2.12.